The standard InChI is InChI=1S/C15H22N4O2/c1-15(2,3)19-9-10(7-13(19)20)8-17-14(21)11-5-4-6-12(16)18-11/h4-6,10H,7-9H2,1-3H3,(H2,16,18)(H,17,21)/t10-/m0/s1. The molecule has 114 valence electrons. The molecule has 1 aliphatic heterocycles. The topological polar surface area (TPSA) is 88.3 Å². The van der Waals surface area contributed by atoms with E-state index >= 15 is 0 Å². The first kappa shape index (κ1) is 15.3. The van der Waals surface area contributed by atoms with E-state index in [1.165, 1.54) is 0 Å². The number of nitrogens with one attached hydrogen (secondary N) is 1. The Labute approximate surface area is 124 Å². The molecule has 1 aliphatic rings. The van der Waals surface area contributed by atoms with Crippen LogP contribution in [0.5, 0.6) is 0 Å². The maximum Gasteiger partial charge on any atom is 0.269 e. The van der Waals surface area contributed by atoms with Crippen molar-refractivity contribution in [3.05, 3.63) is 23.9 Å². The third-order valence-electron chi connectivity index (χ3n) is 3.57. The second-order valence-electron chi connectivity index (χ2n) is 6.40. The fraction of sp³-hybridized carbons (Fsp3) is 0.533. The minimum atomic E-state index is -0.260. The maximum absolute atomic E-state index is 12.0. The zero-order chi connectivity index (χ0) is 15.6. The molecule has 0 saturated carbocycles. The highest BCUT2D eigenvalue weighted by atomic mass is 16.2. The molecule has 0 radical (unpaired) electrons. The molecular weight excluding hydrogens is 268 g/mol. The van der Waals surface area contributed by atoms with Crippen LogP contribution in [-0.4, -0.2) is 40.3 Å². The molecule has 2 amide bonds. The van der Waals surface area contributed by atoms with Crippen molar-refractivity contribution in [2.75, 3.05) is 18.8 Å². The molecule has 1 aromatic rings. The number of carbonyl (C=O) groups excluding carboxylic acids is 2. The number of nitrogens with zero attached hydrogens (tertiary/aromatic N) is 2. The summed E-state index contributed by atoms with van der Waals surface area (Å²) in [6.45, 7) is 7.19. The van der Waals surface area contributed by atoms with Crippen LogP contribution in [0.15, 0.2) is 18.2 Å². The van der Waals surface area contributed by atoms with Gasteiger partial charge in [-0.2, -0.15) is 0 Å². The van der Waals surface area contributed by atoms with Gasteiger partial charge in [-0.25, -0.2) is 4.98 Å². The number of amides is 2. The summed E-state index contributed by atoms with van der Waals surface area (Å²) in [5, 5.41) is 2.82. The SMILES string of the molecule is CC(C)(C)N1C[C@H](CNC(=O)c2cccc(N)n2)CC1=O. The number of carbonyl (C=O) groups is 2. The number of pyridine rings is 1. The summed E-state index contributed by atoms with van der Waals surface area (Å²) < 4.78 is 0. The summed E-state index contributed by atoms with van der Waals surface area (Å²) in [5.41, 5.74) is 5.68. The smallest absolute Gasteiger partial charge is 0.269 e. The lowest BCUT2D eigenvalue weighted by molar-refractivity contribution is -0.131. The quantitative estimate of drug-likeness (QED) is 0.870. The van der Waals surface area contributed by atoms with Crippen LogP contribution in [0, 0.1) is 5.92 Å². The van der Waals surface area contributed by atoms with Gasteiger partial charge in [-0.1, -0.05) is 6.07 Å². The van der Waals surface area contributed by atoms with E-state index < -0.39 is 0 Å². The predicted octanol–water partition coefficient (Wildman–Crippen LogP) is 1.04. The van der Waals surface area contributed by atoms with Gasteiger partial charge in [0, 0.05) is 31.0 Å². The van der Waals surface area contributed by atoms with Crippen molar-refractivity contribution in [3.8, 4) is 0 Å². The molecule has 1 atom stereocenters. The third kappa shape index (κ3) is 3.71. The van der Waals surface area contributed by atoms with E-state index in [0.717, 1.165) is 0 Å². The zero-order valence-corrected chi connectivity index (χ0v) is 12.7. The van der Waals surface area contributed by atoms with Crippen molar-refractivity contribution in [1.82, 2.24) is 15.2 Å². The number of likely N-dealkylation sites (tertiary alicyclic amines) is 1. The fourth-order valence-electron chi connectivity index (χ4n) is 2.47. The van der Waals surface area contributed by atoms with Crippen molar-refractivity contribution in [2.45, 2.75) is 32.7 Å². The average Bonchev–Trinajstić information content (AvgIpc) is 2.77. The van der Waals surface area contributed by atoms with E-state index in [1.807, 2.05) is 25.7 Å². The molecule has 6 nitrogen and oxygen atoms in total. The summed E-state index contributed by atoms with van der Waals surface area (Å²) >= 11 is 0. The zero-order valence-electron chi connectivity index (χ0n) is 12.7. The van der Waals surface area contributed by atoms with Crippen LogP contribution < -0.4 is 11.1 Å². The third-order valence-corrected chi connectivity index (χ3v) is 3.57. The highest BCUT2D eigenvalue weighted by Gasteiger charge is 2.36. The molecule has 0 aliphatic carbocycles. The molecule has 1 saturated heterocycles. The van der Waals surface area contributed by atoms with E-state index in [-0.39, 0.29) is 23.3 Å². The molecule has 0 unspecified atom stereocenters. The monoisotopic (exact) mass is 290 g/mol. The predicted molar refractivity (Wildman–Crippen MR) is 80.6 cm³/mol. The Kier molecular flexibility index (Phi) is 4.16. The van der Waals surface area contributed by atoms with Crippen LogP contribution >= 0.6 is 0 Å². The second-order valence-corrected chi connectivity index (χ2v) is 6.40. The second kappa shape index (κ2) is 5.71. The Morgan fingerprint density at radius 2 is 2.19 bits per heavy atom. The highest BCUT2D eigenvalue weighted by Crippen LogP contribution is 2.25. The molecule has 3 N–H and O–H groups in total. The molecule has 6 heteroatoms. The first-order valence-electron chi connectivity index (χ1n) is 7.08. The molecule has 0 bridgehead atoms. The Morgan fingerprint density at radius 1 is 1.48 bits per heavy atom. The lowest BCUT2D eigenvalue weighted by atomic mass is 10.1. The molecule has 0 spiro atoms. The summed E-state index contributed by atoms with van der Waals surface area (Å²) in [7, 11) is 0. The van der Waals surface area contributed by atoms with Crippen molar-refractivity contribution >= 4 is 17.6 Å². The normalized spacial score (nSPS) is 18.9. The molecule has 0 aromatic carbocycles. The lowest BCUT2D eigenvalue weighted by Crippen LogP contribution is -2.42. The number of aromatic nitrogens is 1. The molecule has 2 heterocycles. The van der Waals surface area contributed by atoms with E-state index in [9.17, 15) is 9.59 Å². The number of nitrogens with two attached hydrogens (primary N) is 1. The van der Waals surface area contributed by atoms with Crippen LogP contribution in [0.2, 0.25) is 0 Å². The summed E-state index contributed by atoms with van der Waals surface area (Å²) in [6, 6.07) is 4.94. The van der Waals surface area contributed by atoms with Crippen molar-refractivity contribution < 1.29 is 9.59 Å². The number of hydrogen-bond donors (Lipinski definition) is 2. The molecule has 1 aromatic heterocycles. The highest BCUT2D eigenvalue weighted by molar-refractivity contribution is 5.92. The van der Waals surface area contributed by atoms with Crippen LogP contribution in [0.4, 0.5) is 5.82 Å². The van der Waals surface area contributed by atoms with Crippen LogP contribution in [0.25, 0.3) is 0 Å². The van der Waals surface area contributed by atoms with Gasteiger partial charge in [0.2, 0.25) is 5.91 Å². The van der Waals surface area contributed by atoms with Gasteiger partial charge in [0.1, 0.15) is 11.5 Å². The van der Waals surface area contributed by atoms with Gasteiger partial charge in [-0.15, -0.1) is 0 Å². The number of rotatable bonds is 3. The summed E-state index contributed by atoms with van der Waals surface area (Å²) in [5.74, 6) is 0.340. The van der Waals surface area contributed by atoms with Gasteiger partial charge in [0.05, 0.1) is 0 Å². The summed E-state index contributed by atoms with van der Waals surface area (Å²) in [6.07, 6.45) is 0.474. The van der Waals surface area contributed by atoms with E-state index in [4.69, 9.17) is 5.73 Å². The Morgan fingerprint density at radius 3 is 2.76 bits per heavy atom. The fourth-order valence-corrected chi connectivity index (χ4v) is 2.47. The first-order valence-corrected chi connectivity index (χ1v) is 7.08. The van der Waals surface area contributed by atoms with Crippen molar-refractivity contribution in [3.63, 3.8) is 0 Å². The van der Waals surface area contributed by atoms with E-state index in [1.54, 1.807) is 18.2 Å². The van der Waals surface area contributed by atoms with Crippen molar-refractivity contribution in [1.29, 1.82) is 0 Å². The average molecular weight is 290 g/mol. The number of nitrogen functional groups attached to an aromatic ring is 1. The Bertz CT molecular complexity index is 551. The maximum atomic E-state index is 12.0. The minimum absolute atomic E-state index is 0.140. The minimum Gasteiger partial charge on any atom is -0.384 e. The van der Waals surface area contributed by atoms with Crippen LogP contribution in [0.3, 0.4) is 0 Å². The van der Waals surface area contributed by atoms with Crippen LogP contribution in [0.1, 0.15) is 37.7 Å². The summed E-state index contributed by atoms with van der Waals surface area (Å²) in [4.78, 5) is 29.8. The Balaban J connectivity index is 1.90. The van der Waals surface area contributed by atoms with Gasteiger partial charge in [-0.05, 0) is 32.9 Å². The largest absolute Gasteiger partial charge is 0.384 e. The molecule has 2 rings (SSSR count). The lowest BCUT2D eigenvalue weighted by Gasteiger charge is -2.32. The van der Waals surface area contributed by atoms with Gasteiger partial charge in [-0.3, -0.25) is 9.59 Å². The first-order chi connectivity index (χ1) is 9.77. The van der Waals surface area contributed by atoms with Gasteiger partial charge >= 0.3 is 0 Å². The Hall–Kier alpha value is -2.11. The van der Waals surface area contributed by atoms with Crippen molar-refractivity contribution in [2.24, 2.45) is 5.92 Å². The van der Waals surface area contributed by atoms with Crippen LogP contribution in [-0.2, 0) is 4.79 Å². The number of anilines is 1. The molecule has 21 heavy (non-hydrogen) atoms. The van der Waals surface area contributed by atoms with Gasteiger partial charge in [0.15, 0.2) is 0 Å². The number of hydrogen-bond acceptors (Lipinski definition) is 4. The van der Waals surface area contributed by atoms with E-state index in [2.05, 4.69) is 10.3 Å². The van der Waals surface area contributed by atoms with E-state index in [0.29, 0.717) is 31.0 Å². The van der Waals surface area contributed by atoms with Gasteiger partial charge in [0.25, 0.3) is 5.91 Å². The van der Waals surface area contributed by atoms with Gasteiger partial charge < -0.3 is 16.0 Å². The molecule has 1 fully saturated rings. The molecular formula is C15H22N4O2.